The van der Waals surface area contributed by atoms with Crippen molar-refractivity contribution in [1.29, 1.82) is 0 Å². The van der Waals surface area contributed by atoms with Crippen molar-refractivity contribution in [3.8, 4) is 0 Å². The predicted molar refractivity (Wildman–Crippen MR) is 98.6 cm³/mol. The summed E-state index contributed by atoms with van der Waals surface area (Å²) in [6.45, 7) is 0.485. The van der Waals surface area contributed by atoms with Crippen LogP contribution in [0.2, 0.25) is 0 Å². The first-order chi connectivity index (χ1) is 13.1. The molecule has 3 unspecified atom stereocenters. The van der Waals surface area contributed by atoms with E-state index in [4.69, 9.17) is 4.74 Å². The van der Waals surface area contributed by atoms with Crippen LogP contribution in [0.25, 0.3) is 0 Å². The number of carbonyl (C=O) groups excluding carboxylic acids is 1. The van der Waals surface area contributed by atoms with Crippen LogP contribution in [0.15, 0.2) is 48.5 Å². The molecule has 5 heteroatoms. The van der Waals surface area contributed by atoms with E-state index in [0.717, 1.165) is 17.5 Å². The Labute approximate surface area is 157 Å². The number of ether oxygens (including phenoxy) is 1. The highest BCUT2D eigenvalue weighted by atomic mass is 19.1. The Morgan fingerprint density at radius 3 is 2.56 bits per heavy atom. The van der Waals surface area contributed by atoms with Gasteiger partial charge in [0.2, 0.25) is 0 Å². The molecule has 0 radical (unpaired) electrons. The van der Waals surface area contributed by atoms with Gasteiger partial charge in [0, 0.05) is 32.5 Å². The van der Waals surface area contributed by atoms with Crippen LogP contribution in [-0.4, -0.2) is 37.1 Å². The van der Waals surface area contributed by atoms with Crippen molar-refractivity contribution in [3.05, 3.63) is 71.0 Å². The van der Waals surface area contributed by atoms with Crippen molar-refractivity contribution in [2.75, 3.05) is 20.2 Å². The van der Waals surface area contributed by atoms with Crippen LogP contribution < -0.4 is 0 Å². The quantitative estimate of drug-likeness (QED) is 0.768. The summed E-state index contributed by atoms with van der Waals surface area (Å²) in [4.78, 5) is 15.1. The lowest BCUT2D eigenvalue weighted by molar-refractivity contribution is -0.129. The number of likely N-dealkylation sites (tertiary alicyclic amines) is 1. The van der Waals surface area contributed by atoms with Gasteiger partial charge in [-0.2, -0.15) is 0 Å². The first kappa shape index (κ1) is 18.3. The Hall–Kier alpha value is -2.11. The first-order valence-electron chi connectivity index (χ1n) is 9.33. The zero-order valence-electron chi connectivity index (χ0n) is 15.3. The van der Waals surface area contributed by atoms with Crippen LogP contribution in [0, 0.1) is 11.7 Å². The second kappa shape index (κ2) is 7.49. The smallest absolute Gasteiger partial charge is 0.154 e. The maximum atomic E-state index is 13.4. The minimum absolute atomic E-state index is 0.0355. The van der Waals surface area contributed by atoms with Gasteiger partial charge >= 0.3 is 0 Å². The van der Waals surface area contributed by atoms with Gasteiger partial charge in [-0.25, -0.2) is 8.78 Å². The summed E-state index contributed by atoms with van der Waals surface area (Å²) in [5, 5.41) is 0. The van der Waals surface area contributed by atoms with Gasteiger partial charge in [0.1, 0.15) is 12.0 Å². The number of Topliss-reactive ketones (excluding diaryl/α,β-unsaturated/α-hetero) is 1. The molecule has 1 saturated heterocycles. The lowest BCUT2D eigenvalue weighted by Crippen LogP contribution is -2.52. The summed E-state index contributed by atoms with van der Waals surface area (Å²) in [7, 11) is 1.67. The molecule has 0 aromatic heterocycles. The van der Waals surface area contributed by atoms with E-state index >= 15 is 0 Å². The molecule has 0 bridgehead atoms. The summed E-state index contributed by atoms with van der Waals surface area (Å²) in [6, 6.07) is 13.5. The Balaban J connectivity index is 1.54. The van der Waals surface area contributed by atoms with Crippen molar-refractivity contribution >= 4 is 5.78 Å². The summed E-state index contributed by atoms with van der Waals surface area (Å²) in [6.07, 6.45) is 0.137. The predicted octanol–water partition coefficient (Wildman–Crippen LogP) is 4.04. The Kier molecular flexibility index (Phi) is 5.06. The number of halogens is 2. The molecule has 2 aromatic rings. The minimum Gasteiger partial charge on any atom is -0.376 e. The van der Waals surface area contributed by atoms with Crippen LogP contribution >= 0.6 is 0 Å². The standard InChI is InChI=1S/C22H23F2NO2/c1-27-22-16(10-15-4-2-3-5-19(15)22)11-20(26)21(25-12-18(24)13-25)14-6-8-17(23)9-7-14/h2-9,16,18,21-22H,10-13H2,1H3. The molecule has 1 aliphatic heterocycles. The normalized spacial score (nSPS) is 23.7. The van der Waals surface area contributed by atoms with Gasteiger partial charge < -0.3 is 4.74 Å². The molecule has 0 N–H and O–H groups in total. The van der Waals surface area contributed by atoms with Crippen LogP contribution in [0.4, 0.5) is 8.78 Å². The molecule has 0 amide bonds. The molecule has 1 heterocycles. The topological polar surface area (TPSA) is 29.5 Å². The molecule has 3 nitrogen and oxygen atoms in total. The molecule has 0 spiro atoms. The van der Waals surface area contributed by atoms with Gasteiger partial charge in [0.05, 0.1) is 12.1 Å². The monoisotopic (exact) mass is 371 g/mol. The fourth-order valence-corrected chi connectivity index (χ4v) is 4.42. The summed E-state index contributed by atoms with van der Waals surface area (Å²) >= 11 is 0. The van der Waals surface area contributed by atoms with Gasteiger partial charge in [-0.05, 0) is 35.2 Å². The fourth-order valence-electron chi connectivity index (χ4n) is 4.42. The highest BCUT2D eigenvalue weighted by Crippen LogP contribution is 2.41. The number of carbonyl (C=O) groups is 1. The zero-order valence-corrected chi connectivity index (χ0v) is 15.3. The van der Waals surface area contributed by atoms with E-state index in [2.05, 4.69) is 12.1 Å². The number of hydrogen-bond acceptors (Lipinski definition) is 3. The average Bonchev–Trinajstić information content (AvgIpc) is 2.99. The number of fused-ring (bicyclic) bond motifs is 1. The van der Waals surface area contributed by atoms with Gasteiger partial charge in [-0.15, -0.1) is 0 Å². The molecule has 2 aromatic carbocycles. The molecule has 142 valence electrons. The van der Waals surface area contributed by atoms with Gasteiger partial charge in [-0.3, -0.25) is 9.69 Å². The summed E-state index contributed by atoms with van der Waals surface area (Å²) in [5.41, 5.74) is 3.08. The van der Waals surface area contributed by atoms with E-state index in [-0.39, 0.29) is 36.7 Å². The van der Waals surface area contributed by atoms with Crippen molar-refractivity contribution in [3.63, 3.8) is 0 Å². The summed E-state index contributed by atoms with van der Waals surface area (Å²) < 4.78 is 32.4. The maximum Gasteiger partial charge on any atom is 0.154 e. The first-order valence-corrected chi connectivity index (χ1v) is 9.33. The van der Waals surface area contributed by atoms with E-state index < -0.39 is 12.2 Å². The van der Waals surface area contributed by atoms with E-state index in [1.54, 1.807) is 19.2 Å². The molecule has 4 rings (SSSR count). The summed E-state index contributed by atoms with van der Waals surface area (Å²) in [5.74, 6) is -0.249. The van der Waals surface area contributed by atoms with Crippen LogP contribution in [0.1, 0.15) is 35.3 Å². The van der Waals surface area contributed by atoms with Crippen molar-refractivity contribution in [1.82, 2.24) is 4.90 Å². The minimum atomic E-state index is -0.900. The van der Waals surface area contributed by atoms with E-state index in [1.165, 1.54) is 17.7 Å². The third kappa shape index (κ3) is 3.54. The molecule has 3 atom stereocenters. The number of ketones is 1. The van der Waals surface area contributed by atoms with Crippen LogP contribution in [0.5, 0.6) is 0 Å². The van der Waals surface area contributed by atoms with E-state index in [1.807, 2.05) is 17.0 Å². The maximum absolute atomic E-state index is 13.4. The fraction of sp³-hybridized carbons (Fsp3) is 0.409. The Bertz CT molecular complexity index is 817. The van der Waals surface area contributed by atoms with Crippen molar-refractivity contribution in [2.24, 2.45) is 5.92 Å². The number of alkyl halides is 1. The van der Waals surface area contributed by atoms with E-state index in [0.29, 0.717) is 6.42 Å². The third-order valence-corrected chi connectivity index (χ3v) is 5.71. The number of rotatable bonds is 6. The number of benzene rings is 2. The van der Waals surface area contributed by atoms with Gasteiger partial charge in [0.25, 0.3) is 0 Å². The number of methoxy groups -OCH3 is 1. The lowest BCUT2D eigenvalue weighted by Gasteiger charge is -2.40. The molecule has 0 saturated carbocycles. The Morgan fingerprint density at radius 2 is 1.89 bits per heavy atom. The van der Waals surface area contributed by atoms with E-state index in [9.17, 15) is 13.6 Å². The second-order valence-corrected chi connectivity index (χ2v) is 7.50. The van der Waals surface area contributed by atoms with Crippen molar-refractivity contribution in [2.45, 2.75) is 31.2 Å². The highest BCUT2D eigenvalue weighted by Gasteiger charge is 2.40. The highest BCUT2D eigenvalue weighted by molar-refractivity contribution is 5.86. The van der Waals surface area contributed by atoms with Crippen LogP contribution in [0.3, 0.4) is 0 Å². The SMILES string of the molecule is COC1c2ccccc2CC1CC(=O)C(c1ccc(F)cc1)N1CC(F)C1. The second-order valence-electron chi connectivity index (χ2n) is 7.50. The molecular weight excluding hydrogens is 348 g/mol. The third-order valence-electron chi connectivity index (χ3n) is 5.71. The molecule has 27 heavy (non-hydrogen) atoms. The Morgan fingerprint density at radius 1 is 1.19 bits per heavy atom. The zero-order chi connectivity index (χ0) is 19.0. The van der Waals surface area contributed by atoms with Gasteiger partial charge in [0.15, 0.2) is 5.78 Å². The number of nitrogens with zero attached hydrogens (tertiary/aromatic N) is 1. The van der Waals surface area contributed by atoms with Crippen molar-refractivity contribution < 1.29 is 18.3 Å². The lowest BCUT2D eigenvalue weighted by atomic mass is 9.89. The van der Waals surface area contributed by atoms with Crippen LogP contribution in [-0.2, 0) is 16.0 Å². The molecule has 1 fully saturated rings. The largest absolute Gasteiger partial charge is 0.376 e. The molecular formula is C22H23F2NO2. The number of hydrogen-bond donors (Lipinski definition) is 0. The molecule has 2 aliphatic rings. The average molecular weight is 371 g/mol. The van der Waals surface area contributed by atoms with Gasteiger partial charge in [-0.1, -0.05) is 36.4 Å². The molecule has 1 aliphatic carbocycles.